The lowest BCUT2D eigenvalue weighted by atomic mass is 10.2. The topological polar surface area (TPSA) is 71.7 Å². The van der Waals surface area contributed by atoms with Crippen molar-refractivity contribution < 1.29 is 9.53 Å². The molecule has 1 aromatic carbocycles. The molecule has 0 aliphatic carbocycles. The lowest BCUT2D eigenvalue weighted by molar-refractivity contribution is 0.0741. The number of pyridine rings is 1. The number of aromatic nitrogens is 1. The summed E-state index contributed by atoms with van der Waals surface area (Å²) in [5, 5.41) is 0. The van der Waals surface area contributed by atoms with Gasteiger partial charge in [0.25, 0.3) is 5.91 Å². The van der Waals surface area contributed by atoms with Crippen LogP contribution < -0.4 is 15.4 Å². The number of carbonyl (C=O) groups excluding carboxylic acids is 1. The van der Waals surface area contributed by atoms with Crippen LogP contribution in [0.2, 0.25) is 0 Å². The second-order valence-electron chi connectivity index (χ2n) is 5.45. The Morgan fingerprint density at radius 2 is 1.78 bits per heavy atom. The normalized spacial score (nSPS) is 14.7. The van der Waals surface area contributed by atoms with Gasteiger partial charge >= 0.3 is 0 Å². The Morgan fingerprint density at radius 1 is 1.09 bits per heavy atom. The minimum absolute atomic E-state index is 0.0422. The minimum atomic E-state index is -0.0422. The van der Waals surface area contributed by atoms with Crippen molar-refractivity contribution in [3.63, 3.8) is 0 Å². The molecule has 1 fully saturated rings. The molecule has 1 aliphatic heterocycles. The Kier molecular flexibility index (Phi) is 4.32. The third-order valence-electron chi connectivity index (χ3n) is 4.01. The van der Waals surface area contributed by atoms with Crippen molar-refractivity contribution in [2.45, 2.75) is 0 Å². The maximum absolute atomic E-state index is 12.4. The summed E-state index contributed by atoms with van der Waals surface area (Å²) in [5.41, 5.74) is 7.75. The number of hydrogen-bond donors (Lipinski definition) is 1. The number of nitrogens with two attached hydrogens (primary N) is 1. The van der Waals surface area contributed by atoms with Crippen molar-refractivity contribution in [3.05, 3.63) is 48.3 Å². The number of hydrogen-bond acceptors (Lipinski definition) is 5. The lowest BCUT2D eigenvalue weighted by Gasteiger charge is -2.36. The summed E-state index contributed by atoms with van der Waals surface area (Å²) in [6.45, 7) is 2.95. The maximum Gasteiger partial charge on any atom is 0.272 e. The van der Waals surface area contributed by atoms with E-state index in [0.29, 0.717) is 24.5 Å². The summed E-state index contributed by atoms with van der Waals surface area (Å²) < 4.78 is 5.18. The SMILES string of the molecule is COc1ccc(N2CCN(C(=O)c3ccc(N)cn3)CC2)cc1. The van der Waals surface area contributed by atoms with Gasteiger partial charge in [0.05, 0.1) is 19.0 Å². The molecule has 2 heterocycles. The highest BCUT2D eigenvalue weighted by atomic mass is 16.5. The number of nitrogens with zero attached hydrogens (tertiary/aromatic N) is 3. The average Bonchev–Trinajstić information content (AvgIpc) is 2.62. The van der Waals surface area contributed by atoms with Crippen LogP contribution in [0.15, 0.2) is 42.6 Å². The molecule has 2 aromatic rings. The molecule has 6 heteroatoms. The van der Waals surface area contributed by atoms with Crippen molar-refractivity contribution in [2.24, 2.45) is 0 Å². The maximum atomic E-state index is 12.4. The first-order valence-electron chi connectivity index (χ1n) is 7.57. The minimum Gasteiger partial charge on any atom is -0.497 e. The zero-order valence-corrected chi connectivity index (χ0v) is 13.1. The van der Waals surface area contributed by atoms with Gasteiger partial charge in [-0.25, -0.2) is 4.98 Å². The van der Waals surface area contributed by atoms with Gasteiger partial charge < -0.3 is 20.3 Å². The van der Waals surface area contributed by atoms with Crippen LogP contribution in [0.4, 0.5) is 11.4 Å². The highest BCUT2D eigenvalue weighted by molar-refractivity contribution is 5.92. The van der Waals surface area contributed by atoms with E-state index in [1.165, 1.54) is 6.20 Å². The molecule has 2 N–H and O–H groups in total. The second kappa shape index (κ2) is 6.56. The highest BCUT2D eigenvalue weighted by Crippen LogP contribution is 2.21. The molecule has 0 atom stereocenters. The van der Waals surface area contributed by atoms with Crippen LogP contribution in [0.3, 0.4) is 0 Å². The Balaban J connectivity index is 1.61. The first-order valence-corrected chi connectivity index (χ1v) is 7.57. The Labute approximate surface area is 135 Å². The van der Waals surface area contributed by atoms with Crippen LogP contribution >= 0.6 is 0 Å². The first kappa shape index (κ1) is 15.1. The van der Waals surface area contributed by atoms with E-state index < -0.39 is 0 Å². The van der Waals surface area contributed by atoms with Gasteiger partial charge in [-0.05, 0) is 36.4 Å². The number of piperazine rings is 1. The molecule has 0 spiro atoms. The molecule has 23 heavy (non-hydrogen) atoms. The molecular weight excluding hydrogens is 292 g/mol. The molecule has 1 saturated heterocycles. The van der Waals surface area contributed by atoms with Crippen molar-refractivity contribution in [3.8, 4) is 5.75 Å². The summed E-state index contributed by atoms with van der Waals surface area (Å²) in [6, 6.07) is 11.4. The van der Waals surface area contributed by atoms with E-state index >= 15 is 0 Å². The summed E-state index contributed by atoms with van der Waals surface area (Å²) in [6.07, 6.45) is 1.51. The zero-order chi connectivity index (χ0) is 16.2. The van der Waals surface area contributed by atoms with Gasteiger partial charge in [0.1, 0.15) is 11.4 Å². The van der Waals surface area contributed by atoms with Gasteiger partial charge in [0.2, 0.25) is 0 Å². The summed E-state index contributed by atoms with van der Waals surface area (Å²) in [7, 11) is 1.66. The van der Waals surface area contributed by atoms with Crippen molar-refractivity contribution >= 4 is 17.3 Å². The Bertz CT molecular complexity index is 662. The largest absolute Gasteiger partial charge is 0.497 e. The van der Waals surface area contributed by atoms with E-state index in [0.717, 1.165) is 24.5 Å². The number of ether oxygens (including phenoxy) is 1. The van der Waals surface area contributed by atoms with E-state index in [1.54, 1.807) is 19.2 Å². The van der Waals surface area contributed by atoms with E-state index in [9.17, 15) is 4.79 Å². The predicted octanol–water partition coefficient (Wildman–Crippen LogP) is 1.63. The number of amides is 1. The number of carbonyl (C=O) groups is 1. The predicted molar refractivity (Wildman–Crippen MR) is 89.8 cm³/mol. The van der Waals surface area contributed by atoms with Crippen LogP contribution in [0.1, 0.15) is 10.5 Å². The molecular formula is C17H20N4O2. The third-order valence-corrected chi connectivity index (χ3v) is 4.01. The molecule has 0 unspecified atom stereocenters. The Hall–Kier alpha value is -2.76. The first-order chi connectivity index (χ1) is 11.2. The second-order valence-corrected chi connectivity index (χ2v) is 5.45. The number of rotatable bonds is 3. The van der Waals surface area contributed by atoms with Gasteiger partial charge in [-0.3, -0.25) is 4.79 Å². The Morgan fingerprint density at radius 3 is 2.35 bits per heavy atom. The smallest absolute Gasteiger partial charge is 0.272 e. The highest BCUT2D eigenvalue weighted by Gasteiger charge is 2.23. The van der Waals surface area contributed by atoms with Gasteiger partial charge in [-0.1, -0.05) is 0 Å². The van der Waals surface area contributed by atoms with Crippen molar-refractivity contribution in [2.75, 3.05) is 43.9 Å². The molecule has 0 bridgehead atoms. The molecule has 3 rings (SSSR count). The van der Waals surface area contributed by atoms with E-state index in [4.69, 9.17) is 10.5 Å². The summed E-state index contributed by atoms with van der Waals surface area (Å²) >= 11 is 0. The lowest BCUT2D eigenvalue weighted by Crippen LogP contribution is -2.49. The van der Waals surface area contributed by atoms with Crippen LogP contribution in [0, 0.1) is 0 Å². The summed E-state index contributed by atoms with van der Waals surface area (Å²) in [4.78, 5) is 20.6. The van der Waals surface area contributed by atoms with Gasteiger partial charge in [-0.15, -0.1) is 0 Å². The summed E-state index contributed by atoms with van der Waals surface area (Å²) in [5.74, 6) is 0.802. The quantitative estimate of drug-likeness (QED) is 0.933. The fourth-order valence-corrected chi connectivity index (χ4v) is 2.65. The average molecular weight is 312 g/mol. The number of benzene rings is 1. The van der Waals surface area contributed by atoms with Gasteiger partial charge in [0, 0.05) is 31.9 Å². The zero-order valence-electron chi connectivity index (χ0n) is 13.1. The van der Waals surface area contributed by atoms with Crippen LogP contribution in [0.25, 0.3) is 0 Å². The number of nitrogen functional groups attached to an aromatic ring is 1. The molecule has 120 valence electrons. The molecule has 1 aromatic heterocycles. The van der Waals surface area contributed by atoms with Crippen LogP contribution in [-0.4, -0.2) is 49.1 Å². The van der Waals surface area contributed by atoms with Crippen LogP contribution in [0.5, 0.6) is 5.75 Å². The number of methoxy groups -OCH3 is 1. The van der Waals surface area contributed by atoms with Crippen LogP contribution in [-0.2, 0) is 0 Å². The van der Waals surface area contributed by atoms with Gasteiger partial charge in [0.15, 0.2) is 0 Å². The fourth-order valence-electron chi connectivity index (χ4n) is 2.65. The van der Waals surface area contributed by atoms with E-state index in [-0.39, 0.29) is 5.91 Å². The van der Waals surface area contributed by atoms with Crippen molar-refractivity contribution in [1.29, 1.82) is 0 Å². The number of anilines is 2. The third kappa shape index (κ3) is 3.36. The van der Waals surface area contributed by atoms with E-state index in [1.807, 2.05) is 29.2 Å². The molecule has 1 aliphatic rings. The van der Waals surface area contributed by atoms with Crippen molar-refractivity contribution in [1.82, 2.24) is 9.88 Å². The fraction of sp³-hybridized carbons (Fsp3) is 0.294. The molecule has 1 amide bonds. The molecule has 0 saturated carbocycles. The molecule has 6 nitrogen and oxygen atoms in total. The standard InChI is InChI=1S/C17H20N4O2/c1-23-15-5-3-14(4-6-15)20-8-10-21(11-9-20)17(22)16-7-2-13(18)12-19-16/h2-7,12H,8-11,18H2,1H3. The monoisotopic (exact) mass is 312 g/mol. The molecule has 0 radical (unpaired) electrons. The van der Waals surface area contributed by atoms with Gasteiger partial charge in [-0.2, -0.15) is 0 Å². The van der Waals surface area contributed by atoms with E-state index in [2.05, 4.69) is 9.88 Å².